The lowest BCUT2D eigenvalue weighted by Crippen LogP contribution is -2.59. The number of hydrogen-bond acceptors (Lipinski definition) is 5. The van der Waals surface area contributed by atoms with Crippen LogP contribution in [0.2, 0.25) is 12.1 Å². The predicted octanol–water partition coefficient (Wildman–Crippen LogP) is 7.75. The molecular formula is C24H54O5Si2. The van der Waals surface area contributed by atoms with E-state index < -0.39 is 17.6 Å². The van der Waals surface area contributed by atoms with Gasteiger partial charge < -0.3 is 21.8 Å². The molecule has 0 aromatic carbocycles. The summed E-state index contributed by atoms with van der Waals surface area (Å²) in [5.41, 5.74) is 0. The van der Waals surface area contributed by atoms with Crippen molar-refractivity contribution in [2.24, 2.45) is 0 Å². The summed E-state index contributed by atoms with van der Waals surface area (Å²) >= 11 is 0. The maximum atomic E-state index is 6.83. The third-order valence-electron chi connectivity index (χ3n) is 5.50. The fourth-order valence-electron chi connectivity index (χ4n) is 3.98. The lowest BCUT2D eigenvalue weighted by molar-refractivity contribution is -0.00361. The van der Waals surface area contributed by atoms with E-state index in [4.69, 9.17) is 21.8 Å². The monoisotopic (exact) mass is 478 g/mol. The molecule has 0 N–H and O–H groups in total. The van der Waals surface area contributed by atoms with E-state index in [0.717, 1.165) is 24.9 Å². The maximum absolute atomic E-state index is 6.83. The summed E-state index contributed by atoms with van der Waals surface area (Å²) in [6.07, 6.45) is 15.3. The van der Waals surface area contributed by atoms with Gasteiger partial charge in [-0.15, -0.1) is 0 Å². The van der Waals surface area contributed by atoms with Gasteiger partial charge in [-0.2, -0.15) is 0 Å². The van der Waals surface area contributed by atoms with Crippen molar-refractivity contribution in [1.82, 2.24) is 0 Å². The summed E-state index contributed by atoms with van der Waals surface area (Å²) < 4.78 is 31.5. The zero-order valence-electron chi connectivity index (χ0n) is 21.8. The van der Waals surface area contributed by atoms with E-state index in [0.29, 0.717) is 26.4 Å². The van der Waals surface area contributed by atoms with Crippen molar-refractivity contribution in [3.8, 4) is 0 Å². The van der Waals surface area contributed by atoms with Gasteiger partial charge in [-0.3, -0.25) is 0 Å². The van der Waals surface area contributed by atoms with Crippen molar-refractivity contribution >= 4 is 17.6 Å². The molecule has 0 aliphatic rings. The Morgan fingerprint density at radius 1 is 0.419 bits per heavy atom. The molecule has 0 radical (unpaired) electrons. The second-order valence-corrected chi connectivity index (χ2v) is 14.1. The summed E-state index contributed by atoms with van der Waals surface area (Å²) in [7, 11) is -5.69. The Balaban J connectivity index is 5.28. The summed E-state index contributed by atoms with van der Waals surface area (Å²) in [6.45, 7) is 14.8. The smallest absolute Gasteiger partial charge is 0.395 e. The van der Waals surface area contributed by atoms with Crippen LogP contribution >= 0.6 is 0 Å². The summed E-state index contributed by atoms with van der Waals surface area (Å²) in [5.74, 6) is 0. The van der Waals surface area contributed by atoms with E-state index in [1.165, 1.54) is 64.2 Å². The van der Waals surface area contributed by atoms with Crippen LogP contribution in [0, 0.1) is 0 Å². The molecule has 0 amide bonds. The molecule has 0 atom stereocenters. The average molecular weight is 479 g/mol. The van der Waals surface area contributed by atoms with Crippen molar-refractivity contribution in [3.63, 3.8) is 0 Å². The SMILES string of the molecule is CCCCCCCC[Si](CCCCCCCC)(OCC)O[Si](OCC)(OCC)OCC. The van der Waals surface area contributed by atoms with Crippen LogP contribution < -0.4 is 0 Å². The Morgan fingerprint density at radius 2 is 0.774 bits per heavy atom. The first-order valence-electron chi connectivity index (χ1n) is 13.3. The van der Waals surface area contributed by atoms with Crippen LogP contribution in [-0.2, 0) is 21.8 Å². The first-order chi connectivity index (χ1) is 15.1. The molecule has 0 spiro atoms. The van der Waals surface area contributed by atoms with Gasteiger partial charge in [-0.1, -0.05) is 90.9 Å². The molecule has 31 heavy (non-hydrogen) atoms. The van der Waals surface area contributed by atoms with Crippen LogP contribution in [0.4, 0.5) is 0 Å². The Morgan fingerprint density at radius 3 is 1.13 bits per heavy atom. The van der Waals surface area contributed by atoms with Crippen molar-refractivity contribution < 1.29 is 21.8 Å². The molecular weight excluding hydrogens is 424 g/mol. The number of hydrogen-bond donors (Lipinski definition) is 0. The van der Waals surface area contributed by atoms with Gasteiger partial charge in [0.25, 0.3) is 0 Å². The molecule has 0 saturated heterocycles. The molecule has 0 aliphatic carbocycles. The van der Waals surface area contributed by atoms with Crippen LogP contribution in [0.3, 0.4) is 0 Å². The first-order valence-corrected chi connectivity index (χ1v) is 17.2. The van der Waals surface area contributed by atoms with Crippen LogP contribution in [0.5, 0.6) is 0 Å². The van der Waals surface area contributed by atoms with E-state index in [9.17, 15) is 0 Å². The molecule has 0 unspecified atom stereocenters. The van der Waals surface area contributed by atoms with Crippen LogP contribution in [0.15, 0.2) is 0 Å². The summed E-state index contributed by atoms with van der Waals surface area (Å²) in [4.78, 5) is 0. The molecule has 0 bridgehead atoms. The molecule has 0 aliphatic heterocycles. The highest BCUT2D eigenvalue weighted by atomic mass is 28.5. The van der Waals surface area contributed by atoms with Gasteiger partial charge in [-0.25, -0.2) is 0 Å². The minimum absolute atomic E-state index is 0.525. The molecule has 0 rings (SSSR count). The lowest BCUT2D eigenvalue weighted by Gasteiger charge is -2.38. The fraction of sp³-hybridized carbons (Fsp3) is 1.00. The van der Waals surface area contributed by atoms with E-state index in [2.05, 4.69) is 20.8 Å². The van der Waals surface area contributed by atoms with Gasteiger partial charge in [0.2, 0.25) is 0 Å². The van der Waals surface area contributed by atoms with Crippen molar-refractivity contribution in [2.45, 2.75) is 131 Å². The van der Waals surface area contributed by atoms with Gasteiger partial charge in [-0.05, 0) is 39.8 Å². The third-order valence-corrected chi connectivity index (χ3v) is 13.0. The largest absolute Gasteiger partial charge is 0.670 e. The maximum Gasteiger partial charge on any atom is 0.670 e. The highest BCUT2D eigenvalue weighted by Gasteiger charge is 2.53. The van der Waals surface area contributed by atoms with Gasteiger partial charge in [0, 0.05) is 26.4 Å². The second-order valence-electron chi connectivity index (χ2n) is 8.28. The third kappa shape index (κ3) is 14.9. The minimum Gasteiger partial charge on any atom is -0.395 e. The van der Waals surface area contributed by atoms with Crippen LogP contribution in [-0.4, -0.2) is 44.0 Å². The minimum atomic E-state index is -3.19. The number of rotatable bonds is 24. The van der Waals surface area contributed by atoms with E-state index in [1.807, 2.05) is 20.8 Å². The molecule has 7 heteroatoms. The molecule has 188 valence electrons. The highest BCUT2D eigenvalue weighted by molar-refractivity contribution is 6.76. The Hall–Kier alpha value is 0.234. The zero-order valence-corrected chi connectivity index (χ0v) is 23.8. The van der Waals surface area contributed by atoms with Gasteiger partial charge in [0.1, 0.15) is 0 Å². The van der Waals surface area contributed by atoms with Gasteiger partial charge in [0.05, 0.1) is 0 Å². The van der Waals surface area contributed by atoms with Crippen LogP contribution in [0.1, 0.15) is 119 Å². The Kier molecular flexibility index (Phi) is 21.0. The molecule has 5 nitrogen and oxygen atoms in total. The summed E-state index contributed by atoms with van der Waals surface area (Å²) in [6, 6.07) is 2.01. The van der Waals surface area contributed by atoms with Gasteiger partial charge >= 0.3 is 17.6 Å². The lowest BCUT2D eigenvalue weighted by atomic mass is 10.1. The number of unbranched alkanes of at least 4 members (excludes halogenated alkanes) is 10. The van der Waals surface area contributed by atoms with E-state index in [1.54, 1.807) is 0 Å². The quantitative estimate of drug-likeness (QED) is 0.105. The van der Waals surface area contributed by atoms with Crippen LogP contribution in [0.25, 0.3) is 0 Å². The summed E-state index contributed by atoms with van der Waals surface area (Å²) in [5, 5.41) is 0. The van der Waals surface area contributed by atoms with Crippen molar-refractivity contribution in [2.75, 3.05) is 26.4 Å². The molecule has 0 fully saturated rings. The molecule has 0 heterocycles. The van der Waals surface area contributed by atoms with E-state index in [-0.39, 0.29) is 0 Å². The molecule has 0 aromatic heterocycles. The highest BCUT2D eigenvalue weighted by Crippen LogP contribution is 2.31. The van der Waals surface area contributed by atoms with Gasteiger partial charge in [0.15, 0.2) is 0 Å². The molecule has 0 saturated carbocycles. The standard InChI is InChI=1S/C24H54O5Si2/c1-7-13-15-17-19-21-23-30(25-9-3,24-22-20-18-16-14-8-2)29-31(26-10-4,27-11-5)28-12-6/h7-24H2,1-6H3. The fourth-order valence-corrected chi connectivity index (χ4v) is 11.5. The first kappa shape index (κ1) is 31.2. The molecule has 0 aromatic rings. The van der Waals surface area contributed by atoms with Crippen molar-refractivity contribution in [3.05, 3.63) is 0 Å². The average Bonchev–Trinajstić information content (AvgIpc) is 2.74. The Labute approximate surface area is 196 Å². The predicted molar refractivity (Wildman–Crippen MR) is 135 cm³/mol. The second kappa shape index (κ2) is 20.8. The van der Waals surface area contributed by atoms with Crippen molar-refractivity contribution in [1.29, 1.82) is 0 Å². The normalized spacial score (nSPS) is 12.6. The zero-order chi connectivity index (χ0) is 23.3. The van der Waals surface area contributed by atoms with E-state index >= 15 is 0 Å². The topological polar surface area (TPSA) is 46.2 Å². The Bertz CT molecular complexity index is 352.